The Morgan fingerprint density at radius 2 is 1.24 bits per heavy atom. The minimum Gasteiger partial charge on any atom is -0.756 e. The summed E-state index contributed by atoms with van der Waals surface area (Å²) in [6, 6.07) is 0. The van der Waals surface area contributed by atoms with E-state index in [0.717, 1.165) is 19.3 Å². The normalized spacial score (nSPS) is 14.9. The highest BCUT2D eigenvalue weighted by molar-refractivity contribution is 7.45. The summed E-state index contributed by atoms with van der Waals surface area (Å²) in [6.45, 7) is 3.77. The molecule has 0 bridgehead atoms. The summed E-state index contributed by atoms with van der Waals surface area (Å²) in [5, 5.41) is 0. The molecular formula is C29H60NO6P. The van der Waals surface area contributed by atoms with Gasteiger partial charge in [-0.25, -0.2) is 0 Å². The lowest BCUT2D eigenvalue weighted by molar-refractivity contribution is -0.870. The van der Waals surface area contributed by atoms with Gasteiger partial charge >= 0.3 is 0 Å². The molecule has 0 spiro atoms. The zero-order chi connectivity index (χ0) is 27.7. The minimum absolute atomic E-state index is 0.0903. The lowest BCUT2D eigenvalue weighted by atomic mass is 10.1. The fraction of sp³-hybridized carbons (Fsp3) is 0.931. The number of likely N-dealkylation sites (N-methyl/N-ethyl adjacent to an activating group) is 1. The van der Waals surface area contributed by atoms with E-state index in [-0.39, 0.29) is 13.2 Å². The van der Waals surface area contributed by atoms with Crippen LogP contribution in [0.1, 0.15) is 110 Å². The smallest absolute Gasteiger partial charge is 0.268 e. The molecule has 0 saturated carbocycles. The van der Waals surface area contributed by atoms with Crippen LogP contribution in [0.15, 0.2) is 12.2 Å². The Hall–Kier alpha value is -0.270. The number of unbranched alkanes of at least 4 members (excludes halogenated alkanes) is 14. The Morgan fingerprint density at radius 3 is 1.76 bits per heavy atom. The molecule has 0 amide bonds. The number of methoxy groups -OCH3 is 1. The van der Waals surface area contributed by atoms with Crippen molar-refractivity contribution in [3.8, 4) is 0 Å². The fourth-order valence-corrected chi connectivity index (χ4v) is 4.57. The molecule has 0 radical (unpaired) electrons. The molecule has 1 unspecified atom stereocenters. The molecule has 37 heavy (non-hydrogen) atoms. The van der Waals surface area contributed by atoms with Gasteiger partial charge in [0.25, 0.3) is 7.82 Å². The van der Waals surface area contributed by atoms with E-state index in [1.807, 2.05) is 21.1 Å². The number of quaternary nitrogens is 1. The lowest BCUT2D eigenvalue weighted by Gasteiger charge is -2.28. The molecule has 222 valence electrons. The number of allylic oxidation sites excluding steroid dienone is 2. The van der Waals surface area contributed by atoms with Crippen LogP contribution in [-0.2, 0) is 23.1 Å². The Bertz CT molecular complexity index is 567. The van der Waals surface area contributed by atoms with Crippen molar-refractivity contribution in [3.63, 3.8) is 0 Å². The van der Waals surface area contributed by atoms with Gasteiger partial charge in [0.15, 0.2) is 0 Å². The monoisotopic (exact) mass is 549 g/mol. The third-order valence-corrected chi connectivity index (χ3v) is 7.33. The highest BCUT2D eigenvalue weighted by Gasteiger charge is 2.16. The van der Waals surface area contributed by atoms with Crippen molar-refractivity contribution in [1.29, 1.82) is 0 Å². The van der Waals surface area contributed by atoms with E-state index in [4.69, 9.17) is 18.5 Å². The lowest BCUT2D eigenvalue weighted by Crippen LogP contribution is -2.37. The number of ether oxygens (including phenoxy) is 2. The molecule has 0 aromatic rings. The molecule has 2 atom stereocenters. The maximum Gasteiger partial charge on any atom is 0.268 e. The Balaban J connectivity index is 3.53. The molecule has 0 rings (SSSR count). The number of phosphoric ester groups is 1. The van der Waals surface area contributed by atoms with E-state index in [1.54, 1.807) is 0 Å². The summed E-state index contributed by atoms with van der Waals surface area (Å²) in [4.78, 5) is 11.9. The third kappa shape index (κ3) is 28.6. The number of nitrogens with zero attached hydrogens (tertiary/aromatic N) is 1. The van der Waals surface area contributed by atoms with Crippen LogP contribution >= 0.6 is 7.82 Å². The second-order valence-corrected chi connectivity index (χ2v) is 12.6. The highest BCUT2D eigenvalue weighted by atomic mass is 31.2. The molecule has 0 aliphatic heterocycles. The first-order valence-corrected chi connectivity index (χ1v) is 16.3. The second kappa shape index (κ2) is 24.7. The van der Waals surface area contributed by atoms with Crippen LogP contribution in [0.25, 0.3) is 0 Å². The molecule has 0 aliphatic rings. The average Bonchev–Trinajstić information content (AvgIpc) is 2.83. The van der Waals surface area contributed by atoms with E-state index in [0.29, 0.717) is 24.2 Å². The van der Waals surface area contributed by atoms with Gasteiger partial charge in [-0.2, -0.15) is 0 Å². The summed E-state index contributed by atoms with van der Waals surface area (Å²) >= 11 is 0. The second-order valence-electron chi connectivity index (χ2n) is 11.2. The van der Waals surface area contributed by atoms with Crippen LogP contribution in [-0.4, -0.2) is 71.8 Å². The first kappa shape index (κ1) is 36.7. The van der Waals surface area contributed by atoms with Crippen molar-refractivity contribution in [2.75, 3.05) is 61.2 Å². The molecule has 0 fully saturated rings. The van der Waals surface area contributed by atoms with Crippen LogP contribution < -0.4 is 4.89 Å². The Morgan fingerprint density at radius 1 is 0.730 bits per heavy atom. The number of hydrogen-bond donors (Lipinski definition) is 0. The largest absolute Gasteiger partial charge is 0.756 e. The molecule has 0 heterocycles. The zero-order valence-corrected chi connectivity index (χ0v) is 25.8. The van der Waals surface area contributed by atoms with Gasteiger partial charge in [-0.1, -0.05) is 89.7 Å². The van der Waals surface area contributed by atoms with Gasteiger partial charge in [0.2, 0.25) is 0 Å². The van der Waals surface area contributed by atoms with E-state index >= 15 is 0 Å². The van der Waals surface area contributed by atoms with Crippen LogP contribution in [0.2, 0.25) is 0 Å². The van der Waals surface area contributed by atoms with Gasteiger partial charge in [0, 0.05) is 13.7 Å². The quantitative estimate of drug-likeness (QED) is 0.0451. The first-order chi connectivity index (χ1) is 17.7. The zero-order valence-electron chi connectivity index (χ0n) is 24.9. The molecular weight excluding hydrogens is 489 g/mol. The van der Waals surface area contributed by atoms with E-state index in [1.165, 1.54) is 90.6 Å². The van der Waals surface area contributed by atoms with Crippen molar-refractivity contribution in [1.82, 2.24) is 0 Å². The van der Waals surface area contributed by atoms with Crippen LogP contribution in [0.4, 0.5) is 0 Å². The number of hydrogen-bond acceptors (Lipinski definition) is 6. The molecule has 8 heteroatoms. The van der Waals surface area contributed by atoms with Crippen LogP contribution in [0, 0.1) is 0 Å². The molecule has 0 saturated heterocycles. The van der Waals surface area contributed by atoms with Crippen molar-refractivity contribution in [3.05, 3.63) is 12.2 Å². The first-order valence-electron chi connectivity index (χ1n) is 14.9. The van der Waals surface area contributed by atoms with Gasteiger partial charge in [-0.15, -0.1) is 0 Å². The topological polar surface area (TPSA) is 77.1 Å². The molecule has 0 aliphatic carbocycles. The molecule has 0 N–H and O–H groups in total. The fourth-order valence-electron chi connectivity index (χ4n) is 3.84. The molecule has 0 aromatic carbocycles. The van der Waals surface area contributed by atoms with E-state index in [9.17, 15) is 9.46 Å². The van der Waals surface area contributed by atoms with Crippen molar-refractivity contribution in [2.45, 2.75) is 116 Å². The van der Waals surface area contributed by atoms with E-state index in [2.05, 4.69) is 19.1 Å². The predicted molar refractivity (Wildman–Crippen MR) is 153 cm³/mol. The average molecular weight is 550 g/mol. The summed E-state index contributed by atoms with van der Waals surface area (Å²) in [6.07, 6.45) is 25.1. The predicted octanol–water partition coefficient (Wildman–Crippen LogP) is 7.04. The summed E-state index contributed by atoms with van der Waals surface area (Å²) in [7, 11) is 3.10. The maximum absolute atomic E-state index is 11.9. The molecule has 0 aromatic heterocycles. The van der Waals surface area contributed by atoms with Gasteiger partial charge < -0.3 is 27.9 Å². The van der Waals surface area contributed by atoms with Gasteiger partial charge in [-0.05, 0) is 32.1 Å². The molecule has 7 nitrogen and oxygen atoms in total. The number of rotatable bonds is 28. The maximum atomic E-state index is 11.9. The van der Waals surface area contributed by atoms with Gasteiger partial charge in [0.05, 0.1) is 34.4 Å². The van der Waals surface area contributed by atoms with Crippen LogP contribution in [0.5, 0.6) is 0 Å². The summed E-state index contributed by atoms with van der Waals surface area (Å²) < 4.78 is 33.3. The van der Waals surface area contributed by atoms with Crippen molar-refractivity contribution in [2.24, 2.45) is 0 Å². The standard InChI is InChI=1S/C29H60NO6P/c1-6-7-8-9-10-11-12-13-14-15-16-17-18-19-20-21-22-23-25-34-27-29(33-5)28-36-37(31,32)35-26-24-30(2,3)4/h18-19,29H,6-17,20-28H2,1-5H3/b19-18-/t29-/m1/s1. The summed E-state index contributed by atoms with van der Waals surface area (Å²) in [5.74, 6) is 0. The third-order valence-electron chi connectivity index (χ3n) is 6.37. The van der Waals surface area contributed by atoms with E-state index < -0.39 is 13.9 Å². The van der Waals surface area contributed by atoms with Crippen molar-refractivity contribution >= 4 is 7.82 Å². The van der Waals surface area contributed by atoms with Gasteiger partial charge in [-0.3, -0.25) is 4.57 Å². The SMILES string of the molecule is CCCCCCCCCCCCC/C=C\CCCCCOC[C@H](COP(=O)([O-])OCC[N+](C)(C)C)OC. The Labute approximate surface area is 229 Å². The summed E-state index contributed by atoms with van der Waals surface area (Å²) in [5.41, 5.74) is 0. The Kier molecular flexibility index (Phi) is 24.6. The minimum atomic E-state index is -4.33. The highest BCUT2D eigenvalue weighted by Crippen LogP contribution is 2.38. The van der Waals surface area contributed by atoms with Crippen LogP contribution in [0.3, 0.4) is 0 Å². The number of phosphoric acid groups is 1. The van der Waals surface area contributed by atoms with Gasteiger partial charge in [0.1, 0.15) is 19.3 Å². The van der Waals surface area contributed by atoms with Crippen molar-refractivity contribution < 1.29 is 32.5 Å².